The summed E-state index contributed by atoms with van der Waals surface area (Å²) >= 11 is 0. The van der Waals surface area contributed by atoms with Gasteiger partial charge in [-0.3, -0.25) is 0 Å². The van der Waals surface area contributed by atoms with Gasteiger partial charge in [0.15, 0.2) is 0 Å². The molecule has 0 fully saturated rings. The molecule has 0 radical (unpaired) electrons. The summed E-state index contributed by atoms with van der Waals surface area (Å²) in [4.78, 5) is 0. The summed E-state index contributed by atoms with van der Waals surface area (Å²) in [5.41, 5.74) is 3.20. The van der Waals surface area contributed by atoms with Crippen LogP contribution in [0.25, 0.3) is 0 Å². The average Bonchev–Trinajstić information content (AvgIpc) is 2.21. The Bertz CT molecular complexity index is 243. The molecule has 1 rings (SSSR count). The lowest BCUT2D eigenvalue weighted by atomic mass is 9.85. The molecule has 0 amide bonds. The summed E-state index contributed by atoms with van der Waals surface area (Å²) in [6.45, 7) is 8.37. The molecule has 0 heteroatoms. The zero-order valence-corrected chi connectivity index (χ0v) is 9.55. The van der Waals surface area contributed by atoms with Crippen molar-refractivity contribution < 1.29 is 0 Å². The van der Waals surface area contributed by atoms with Crippen LogP contribution in [0.5, 0.6) is 0 Å². The van der Waals surface area contributed by atoms with Crippen molar-refractivity contribution in [3.05, 3.63) is 36.0 Å². The van der Waals surface area contributed by atoms with E-state index in [1.807, 2.05) is 6.08 Å². The maximum absolute atomic E-state index is 3.80. The molecule has 1 atom stereocenters. The third-order valence-electron chi connectivity index (χ3n) is 3.13. The molecule has 0 spiro atoms. The highest BCUT2D eigenvalue weighted by Crippen LogP contribution is 2.29. The van der Waals surface area contributed by atoms with Crippen LogP contribution in [0.1, 0.15) is 46.0 Å². The minimum absolute atomic E-state index is 0.754. The average molecular weight is 190 g/mol. The van der Waals surface area contributed by atoms with E-state index in [4.69, 9.17) is 0 Å². The molecule has 0 N–H and O–H groups in total. The molecule has 1 aliphatic rings. The van der Waals surface area contributed by atoms with E-state index in [9.17, 15) is 0 Å². The predicted octanol–water partition coefficient (Wildman–Crippen LogP) is 4.65. The van der Waals surface area contributed by atoms with E-state index in [0.29, 0.717) is 0 Å². The van der Waals surface area contributed by atoms with Crippen molar-refractivity contribution in [1.29, 1.82) is 0 Å². The minimum Gasteiger partial charge on any atom is -0.103 e. The molecular weight excluding hydrogens is 168 g/mol. The zero-order valence-electron chi connectivity index (χ0n) is 9.55. The van der Waals surface area contributed by atoms with E-state index in [1.165, 1.54) is 25.7 Å². The van der Waals surface area contributed by atoms with Crippen LogP contribution in [0.15, 0.2) is 36.0 Å². The largest absolute Gasteiger partial charge is 0.103 e. The van der Waals surface area contributed by atoms with Crippen LogP contribution in [0.3, 0.4) is 0 Å². The molecule has 1 unspecified atom stereocenters. The second-order valence-corrected chi connectivity index (χ2v) is 4.15. The Balaban J connectivity index is 2.67. The molecule has 0 bridgehead atoms. The predicted molar refractivity (Wildman–Crippen MR) is 64.3 cm³/mol. The van der Waals surface area contributed by atoms with Crippen LogP contribution in [0.4, 0.5) is 0 Å². The van der Waals surface area contributed by atoms with Crippen molar-refractivity contribution in [2.75, 3.05) is 0 Å². The van der Waals surface area contributed by atoms with E-state index >= 15 is 0 Å². The van der Waals surface area contributed by atoms with Crippen LogP contribution in [0.2, 0.25) is 0 Å². The van der Waals surface area contributed by atoms with Gasteiger partial charge in [0.1, 0.15) is 0 Å². The molecular formula is C14H22. The third-order valence-corrected chi connectivity index (χ3v) is 3.13. The second kappa shape index (κ2) is 5.85. The molecule has 0 nitrogen and oxygen atoms in total. The highest BCUT2D eigenvalue weighted by atomic mass is 14.2. The fourth-order valence-corrected chi connectivity index (χ4v) is 2.18. The highest BCUT2D eigenvalue weighted by molar-refractivity contribution is 5.30. The van der Waals surface area contributed by atoms with Crippen molar-refractivity contribution >= 4 is 0 Å². The zero-order chi connectivity index (χ0) is 10.4. The molecule has 78 valence electrons. The molecule has 0 saturated carbocycles. The van der Waals surface area contributed by atoms with Gasteiger partial charge in [-0.25, -0.2) is 0 Å². The third kappa shape index (κ3) is 2.87. The normalized spacial score (nSPS) is 18.4. The first kappa shape index (κ1) is 11.3. The number of hydrogen-bond donors (Lipinski definition) is 0. The van der Waals surface area contributed by atoms with Crippen LogP contribution in [0, 0.1) is 5.92 Å². The van der Waals surface area contributed by atoms with E-state index in [-0.39, 0.29) is 0 Å². The maximum Gasteiger partial charge on any atom is -0.0162 e. The lowest BCUT2D eigenvalue weighted by Gasteiger charge is -2.21. The first-order chi connectivity index (χ1) is 6.79. The van der Waals surface area contributed by atoms with Crippen LogP contribution in [-0.4, -0.2) is 0 Å². The first-order valence-corrected chi connectivity index (χ1v) is 5.76. The summed E-state index contributed by atoms with van der Waals surface area (Å²) in [6.07, 6.45) is 12.8. The summed E-state index contributed by atoms with van der Waals surface area (Å²) in [7, 11) is 0. The first-order valence-electron chi connectivity index (χ1n) is 5.76. The monoisotopic (exact) mass is 190 g/mol. The van der Waals surface area contributed by atoms with Crippen LogP contribution >= 0.6 is 0 Å². The highest BCUT2D eigenvalue weighted by Gasteiger charge is 2.13. The van der Waals surface area contributed by atoms with E-state index < -0.39 is 0 Å². The summed E-state index contributed by atoms with van der Waals surface area (Å²) in [6, 6.07) is 0. The Kier molecular flexibility index (Phi) is 4.72. The fourth-order valence-electron chi connectivity index (χ4n) is 2.18. The Morgan fingerprint density at radius 3 is 2.93 bits per heavy atom. The van der Waals surface area contributed by atoms with Gasteiger partial charge >= 0.3 is 0 Å². The Morgan fingerprint density at radius 1 is 1.57 bits per heavy atom. The van der Waals surface area contributed by atoms with Crippen molar-refractivity contribution in [3.63, 3.8) is 0 Å². The summed E-state index contributed by atoms with van der Waals surface area (Å²) in [5, 5.41) is 0. The van der Waals surface area contributed by atoms with Crippen molar-refractivity contribution in [1.82, 2.24) is 0 Å². The molecule has 0 aromatic heterocycles. The summed E-state index contributed by atoms with van der Waals surface area (Å²) in [5.74, 6) is 0.754. The lowest BCUT2D eigenvalue weighted by molar-refractivity contribution is 0.549. The molecule has 0 heterocycles. The van der Waals surface area contributed by atoms with Crippen LogP contribution in [-0.2, 0) is 0 Å². The number of hydrogen-bond acceptors (Lipinski definition) is 0. The topological polar surface area (TPSA) is 0 Å². The maximum atomic E-state index is 3.80. The van der Waals surface area contributed by atoms with E-state index in [0.717, 1.165) is 12.3 Å². The van der Waals surface area contributed by atoms with Gasteiger partial charge in [-0.1, -0.05) is 30.7 Å². The van der Waals surface area contributed by atoms with Crippen molar-refractivity contribution in [2.24, 2.45) is 5.92 Å². The Hall–Kier alpha value is -0.780. The van der Waals surface area contributed by atoms with Gasteiger partial charge < -0.3 is 0 Å². The number of rotatable bonds is 5. The summed E-state index contributed by atoms with van der Waals surface area (Å²) < 4.78 is 0. The lowest BCUT2D eigenvalue weighted by Crippen LogP contribution is -2.05. The molecule has 0 aromatic rings. The van der Waals surface area contributed by atoms with Gasteiger partial charge in [0.2, 0.25) is 0 Å². The van der Waals surface area contributed by atoms with Gasteiger partial charge in [-0.2, -0.15) is 0 Å². The molecule has 0 aromatic carbocycles. The Labute approximate surface area is 88.4 Å². The molecule has 0 saturated heterocycles. The molecule has 0 aliphatic heterocycles. The quantitative estimate of drug-likeness (QED) is 0.554. The van der Waals surface area contributed by atoms with Gasteiger partial charge in [0.05, 0.1) is 0 Å². The second-order valence-electron chi connectivity index (χ2n) is 4.15. The minimum atomic E-state index is 0.754. The van der Waals surface area contributed by atoms with Crippen LogP contribution < -0.4 is 0 Å². The van der Waals surface area contributed by atoms with Gasteiger partial charge in [0.25, 0.3) is 0 Å². The Morgan fingerprint density at radius 2 is 2.36 bits per heavy atom. The number of allylic oxidation sites excluding steroid dienone is 5. The van der Waals surface area contributed by atoms with E-state index in [2.05, 4.69) is 32.6 Å². The van der Waals surface area contributed by atoms with E-state index in [1.54, 1.807) is 11.1 Å². The molecule has 14 heavy (non-hydrogen) atoms. The van der Waals surface area contributed by atoms with Crippen molar-refractivity contribution in [2.45, 2.75) is 46.0 Å². The standard InChI is InChI=1S/C14H22/c1-4-6-10-13(5-2)14-11-8-7-9-12(14)3/h4,8,11,13H,1,5-7,9-10H2,2-3H3. The SMILES string of the molecule is C=CCCC(CC)C1=C(C)CCC=C1. The van der Waals surface area contributed by atoms with Gasteiger partial charge in [0, 0.05) is 0 Å². The van der Waals surface area contributed by atoms with Crippen molar-refractivity contribution in [3.8, 4) is 0 Å². The smallest absolute Gasteiger partial charge is 0.0162 e. The van der Waals surface area contributed by atoms with Gasteiger partial charge in [-0.05, 0) is 50.5 Å². The molecule has 1 aliphatic carbocycles. The van der Waals surface area contributed by atoms with Gasteiger partial charge in [-0.15, -0.1) is 6.58 Å². The fraction of sp³-hybridized carbons (Fsp3) is 0.571.